The monoisotopic (exact) mass is 459 g/mol. The third-order valence-corrected chi connectivity index (χ3v) is 6.08. The lowest BCUT2D eigenvalue weighted by Crippen LogP contribution is -2.25. The predicted molar refractivity (Wildman–Crippen MR) is 119 cm³/mol. The number of carbonyl (C=O) groups excluding carboxylic acids is 2. The van der Waals surface area contributed by atoms with E-state index in [2.05, 4.69) is 20.8 Å². The zero-order valence-electron chi connectivity index (χ0n) is 17.9. The first-order valence-electron chi connectivity index (χ1n) is 9.94. The molecule has 0 saturated carbocycles. The molecule has 32 heavy (non-hydrogen) atoms. The van der Waals surface area contributed by atoms with Crippen molar-refractivity contribution in [3.05, 3.63) is 65.5 Å². The highest BCUT2D eigenvalue weighted by Gasteiger charge is 2.23. The summed E-state index contributed by atoms with van der Waals surface area (Å²) in [6, 6.07) is 10.4. The quantitative estimate of drug-likeness (QED) is 0.496. The highest BCUT2D eigenvalue weighted by atomic mass is 32.2. The number of benzene rings is 2. The molecule has 0 radical (unpaired) electrons. The predicted octanol–water partition coefficient (Wildman–Crippen LogP) is 4.09. The molecule has 0 saturated heterocycles. The van der Waals surface area contributed by atoms with Gasteiger partial charge in [-0.25, -0.2) is 8.78 Å². The van der Waals surface area contributed by atoms with Gasteiger partial charge in [0.1, 0.15) is 17.5 Å². The molecular weight excluding hydrogens is 436 g/mol. The number of rotatable bonds is 8. The Hall–Kier alpha value is -3.27. The van der Waals surface area contributed by atoms with Gasteiger partial charge in [0, 0.05) is 18.8 Å². The lowest BCUT2D eigenvalue weighted by molar-refractivity contribution is -0.116. The fraction of sp³-hybridized carbons (Fsp3) is 0.273. The van der Waals surface area contributed by atoms with Crippen LogP contribution in [0.5, 0.6) is 0 Å². The zero-order chi connectivity index (χ0) is 23.3. The van der Waals surface area contributed by atoms with Crippen LogP contribution in [0.2, 0.25) is 0 Å². The summed E-state index contributed by atoms with van der Waals surface area (Å²) in [4.78, 5) is 24.9. The molecule has 1 unspecified atom stereocenters. The summed E-state index contributed by atoms with van der Waals surface area (Å²) in [6.07, 6.45) is 0.455. The molecule has 2 amide bonds. The Bertz CT molecular complexity index is 1120. The molecule has 3 rings (SSSR count). The Balaban J connectivity index is 1.63. The second kappa shape index (κ2) is 10.4. The normalized spacial score (nSPS) is 11.8. The van der Waals surface area contributed by atoms with E-state index in [0.29, 0.717) is 29.2 Å². The molecule has 10 heteroatoms. The van der Waals surface area contributed by atoms with Crippen LogP contribution >= 0.6 is 11.8 Å². The number of hydrogen-bond acceptors (Lipinski definition) is 5. The zero-order valence-corrected chi connectivity index (χ0v) is 18.7. The van der Waals surface area contributed by atoms with Gasteiger partial charge in [0.2, 0.25) is 11.8 Å². The number of anilines is 2. The van der Waals surface area contributed by atoms with Gasteiger partial charge in [0.05, 0.1) is 17.4 Å². The molecule has 0 aliphatic carbocycles. The molecule has 0 bridgehead atoms. The van der Waals surface area contributed by atoms with Crippen molar-refractivity contribution in [2.45, 2.75) is 37.1 Å². The number of aromatic nitrogens is 3. The minimum Gasteiger partial charge on any atom is -0.326 e. The van der Waals surface area contributed by atoms with E-state index in [1.807, 2.05) is 38.1 Å². The molecule has 0 aliphatic heterocycles. The minimum absolute atomic E-state index is 0.0156. The molecule has 0 spiro atoms. The Morgan fingerprint density at radius 2 is 1.81 bits per heavy atom. The van der Waals surface area contributed by atoms with Gasteiger partial charge < -0.3 is 15.2 Å². The maximum Gasteiger partial charge on any atom is 0.238 e. The van der Waals surface area contributed by atoms with Crippen molar-refractivity contribution in [3.8, 4) is 0 Å². The van der Waals surface area contributed by atoms with E-state index in [9.17, 15) is 18.4 Å². The van der Waals surface area contributed by atoms with Crippen molar-refractivity contribution >= 4 is 35.0 Å². The molecule has 1 heterocycles. The van der Waals surface area contributed by atoms with Crippen molar-refractivity contribution in [1.29, 1.82) is 0 Å². The Kier molecular flexibility index (Phi) is 7.57. The van der Waals surface area contributed by atoms with Crippen molar-refractivity contribution in [2.75, 3.05) is 10.6 Å². The first-order chi connectivity index (χ1) is 15.3. The molecule has 1 aromatic heterocycles. The van der Waals surface area contributed by atoms with Crippen molar-refractivity contribution < 1.29 is 18.4 Å². The summed E-state index contributed by atoms with van der Waals surface area (Å²) in [5, 5.41) is 13.3. The SMILES string of the molecule is CCC(Sc1nnc(CC(=O)Nc2ccc(C)cc2)n1C)C(=O)Nc1ccc(F)cc1F. The highest BCUT2D eigenvalue weighted by molar-refractivity contribution is 8.00. The van der Waals surface area contributed by atoms with E-state index in [4.69, 9.17) is 0 Å². The average Bonchev–Trinajstić information content (AvgIpc) is 3.09. The van der Waals surface area contributed by atoms with Crippen molar-refractivity contribution in [1.82, 2.24) is 14.8 Å². The van der Waals surface area contributed by atoms with Crippen LogP contribution in [-0.2, 0) is 23.1 Å². The number of aryl methyl sites for hydroxylation is 1. The molecule has 7 nitrogen and oxygen atoms in total. The van der Waals surface area contributed by atoms with Gasteiger partial charge in [-0.3, -0.25) is 9.59 Å². The highest BCUT2D eigenvalue weighted by Crippen LogP contribution is 2.26. The molecule has 0 aliphatic rings. The van der Waals surface area contributed by atoms with Crippen LogP contribution in [0.3, 0.4) is 0 Å². The number of thioether (sulfide) groups is 1. The first kappa shape index (κ1) is 23.4. The van der Waals surface area contributed by atoms with Gasteiger partial charge in [0.15, 0.2) is 5.16 Å². The Morgan fingerprint density at radius 3 is 2.47 bits per heavy atom. The number of hydrogen-bond donors (Lipinski definition) is 2. The lowest BCUT2D eigenvalue weighted by Gasteiger charge is -2.14. The average molecular weight is 460 g/mol. The van der Waals surface area contributed by atoms with Crippen LogP contribution in [0.25, 0.3) is 0 Å². The summed E-state index contributed by atoms with van der Waals surface area (Å²) >= 11 is 1.15. The second-order valence-electron chi connectivity index (χ2n) is 7.18. The van der Waals surface area contributed by atoms with Gasteiger partial charge in [-0.1, -0.05) is 36.4 Å². The van der Waals surface area contributed by atoms with E-state index < -0.39 is 22.8 Å². The number of carbonyl (C=O) groups is 2. The van der Waals surface area contributed by atoms with E-state index in [1.54, 1.807) is 11.6 Å². The van der Waals surface area contributed by atoms with Crippen LogP contribution in [0, 0.1) is 18.6 Å². The molecule has 0 fully saturated rings. The van der Waals surface area contributed by atoms with Gasteiger partial charge in [-0.2, -0.15) is 0 Å². The largest absolute Gasteiger partial charge is 0.326 e. The first-order valence-corrected chi connectivity index (χ1v) is 10.8. The topological polar surface area (TPSA) is 88.9 Å². The van der Waals surface area contributed by atoms with Crippen LogP contribution in [0.1, 0.15) is 24.7 Å². The summed E-state index contributed by atoms with van der Waals surface area (Å²) < 4.78 is 28.6. The molecular formula is C22H23F2N5O2S. The minimum atomic E-state index is -0.848. The Labute approximate surface area is 188 Å². The Morgan fingerprint density at radius 1 is 1.09 bits per heavy atom. The van der Waals surface area contributed by atoms with Crippen molar-refractivity contribution in [2.24, 2.45) is 7.05 Å². The smallest absolute Gasteiger partial charge is 0.238 e. The maximum atomic E-state index is 13.8. The van der Waals surface area contributed by atoms with Crippen LogP contribution in [0.15, 0.2) is 47.6 Å². The van der Waals surface area contributed by atoms with E-state index in [1.165, 1.54) is 6.07 Å². The molecule has 168 valence electrons. The van der Waals surface area contributed by atoms with Crippen LogP contribution in [-0.4, -0.2) is 31.8 Å². The maximum absolute atomic E-state index is 13.8. The number of amides is 2. The molecule has 3 aromatic rings. The second-order valence-corrected chi connectivity index (χ2v) is 8.35. The molecule has 2 N–H and O–H groups in total. The van der Waals surface area contributed by atoms with E-state index in [-0.39, 0.29) is 18.0 Å². The van der Waals surface area contributed by atoms with Gasteiger partial charge >= 0.3 is 0 Å². The van der Waals surface area contributed by atoms with E-state index >= 15 is 0 Å². The third kappa shape index (κ3) is 5.91. The molecule has 1 atom stereocenters. The van der Waals surface area contributed by atoms with Crippen LogP contribution in [0.4, 0.5) is 20.2 Å². The van der Waals surface area contributed by atoms with Crippen LogP contribution < -0.4 is 10.6 Å². The van der Waals surface area contributed by atoms with Gasteiger partial charge in [0.25, 0.3) is 0 Å². The number of halogens is 2. The lowest BCUT2D eigenvalue weighted by atomic mass is 10.2. The fourth-order valence-electron chi connectivity index (χ4n) is 2.84. The van der Waals surface area contributed by atoms with E-state index in [0.717, 1.165) is 23.4 Å². The number of nitrogens with zero attached hydrogens (tertiary/aromatic N) is 3. The summed E-state index contributed by atoms with van der Waals surface area (Å²) in [7, 11) is 1.71. The third-order valence-electron chi connectivity index (χ3n) is 4.68. The molecule has 2 aromatic carbocycles. The fourth-order valence-corrected chi connectivity index (χ4v) is 3.78. The number of nitrogens with one attached hydrogen (secondary N) is 2. The summed E-state index contributed by atoms with van der Waals surface area (Å²) in [5.41, 5.74) is 1.68. The summed E-state index contributed by atoms with van der Waals surface area (Å²) in [6.45, 7) is 3.77. The summed E-state index contributed by atoms with van der Waals surface area (Å²) in [5.74, 6) is -1.81. The standard InChI is InChI=1S/C22H23F2N5O2S/c1-4-18(21(31)26-17-10-7-14(23)11-16(17)24)32-22-28-27-19(29(22)3)12-20(30)25-15-8-5-13(2)6-9-15/h5-11,18H,4,12H2,1-3H3,(H,25,30)(H,26,31). The van der Waals surface area contributed by atoms with Gasteiger partial charge in [-0.05, 0) is 37.6 Å². The van der Waals surface area contributed by atoms with Crippen molar-refractivity contribution in [3.63, 3.8) is 0 Å². The van der Waals surface area contributed by atoms with Gasteiger partial charge in [-0.15, -0.1) is 10.2 Å².